The van der Waals surface area contributed by atoms with Crippen LogP contribution < -0.4 is 11.0 Å². The molecule has 2 aromatic carbocycles. The quantitative estimate of drug-likeness (QED) is 0.575. The number of para-hydroxylation sites is 2. The van der Waals surface area contributed by atoms with Crippen LogP contribution in [0.1, 0.15) is 26.7 Å². The zero-order chi connectivity index (χ0) is 21.7. The van der Waals surface area contributed by atoms with Gasteiger partial charge in [-0.15, -0.1) is 0 Å². The summed E-state index contributed by atoms with van der Waals surface area (Å²) in [6, 6.07) is 12.9. The number of ether oxygens (including phenoxy) is 1. The number of carbonyl (C=O) groups excluding carboxylic acids is 2. The molecule has 0 bridgehead atoms. The highest BCUT2D eigenvalue weighted by Gasteiger charge is 2.19. The smallest absolute Gasteiger partial charge is 0.329 e. The van der Waals surface area contributed by atoms with Crippen molar-refractivity contribution in [1.29, 1.82) is 0 Å². The summed E-state index contributed by atoms with van der Waals surface area (Å²) >= 11 is 0. The third-order valence-corrected chi connectivity index (χ3v) is 4.68. The van der Waals surface area contributed by atoms with Crippen LogP contribution in [-0.4, -0.2) is 27.1 Å². The Labute approximate surface area is 173 Å². The number of anilines is 1. The van der Waals surface area contributed by atoms with Crippen LogP contribution in [-0.2, 0) is 27.4 Å². The molecule has 3 rings (SSSR count). The van der Waals surface area contributed by atoms with E-state index in [1.807, 2.05) is 31.2 Å². The van der Waals surface area contributed by atoms with Gasteiger partial charge >= 0.3 is 11.7 Å². The molecule has 1 amide bonds. The molecule has 0 aliphatic heterocycles. The molecule has 1 atom stereocenters. The molecule has 1 aromatic heterocycles. The number of aromatic nitrogens is 2. The second-order valence-electron chi connectivity index (χ2n) is 6.96. The summed E-state index contributed by atoms with van der Waals surface area (Å²) in [7, 11) is 0. The van der Waals surface area contributed by atoms with Crippen LogP contribution in [0.2, 0.25) is 0 Å². The van der Waals surface area contributed by atoms with Gasteiger partial charge in [-0.1, -0.05) is 25.1 Å². The molecule has 7 nitrogen and oxygen atoms in total. The summed E-state index contributed by atoms with van der Waals surface area (Å²) in [5, 5.41) is 2.50. The van der Waals surface area contributed by atoms with Gasteiger partial charge in [-0.25, -0.2) is 9.18 Å². The van der Waals surface area contributed by atoms with Crippen molar-refractivity contribution in [3.8, 4) is 0 Å². The molecule has 1 heterocycles. The number of nitrogens with one attached hydrogen (secondary N) is 1. The Morgan fingerprint density at radius 2 is 1.73 bits per heavy atom. The zero-order valence-corrected chi connectivity index (χ0v) is 16.9. The van der Waals surface area contributed by atoms with Crippen molar-refractivity contribution >= 4 is 28.6 Å². The Morgan fingerprint density at radius 3 is 2.37 bits per heavy atom. The Morgan fingerprint density at radius 1 is 1.07 bits per heavy atom. The van der Waals surface area contributed by atoms with Gasteiger partial charge in [0.1, 0.15) is 5.82 Å². The van der Waals surface area contributed by atoms with Gasteiger partial charge in [0.05, 0.1) is 17.5 Å². The van der Waals surface area contributed by atoms with Gasteiger partial charge < -0.3 is 10.1 Å². The van der Waals surface area contributed by atoms with E-state index < -0.39 is 23.8 Å². The van der Waals surface area contributed by atoms with E-state index in [9.17, 15) is 18.8 Å². The van der Waals surface area contributed by atoms with Crippen molar-refractivity contribution in [3.63, 3.8) is 0 Å². The van der Waals surface area contributed by atoms with E-state index >= 15 is 0 Å². The molecule has 0 fully saturated rings. The predicted octanol–water partition coefficient (Wildman–Crippen LogP) is 3.31. The number of fused-ring (bicyclic) bond motifs is 1. The summed E-state index contributed by atoms with van der Waals surface area (Å²) in [5.41, 5.74) is 1.67. The van der Waals surface area contributed by atoms with Gasteiger partial charge in [0.2, 0.25) is 0 Å². The van der Waals surface area contributed by atoms with Crippen molar-refractivity contribution in [2.75, 3.05) is 5.32 Å². The highest BCUT2D eigenvalue weighted by atomic mass is 19.1. The maximum atomic E-state index is 13.2. The van der Waals surface area contributed by atoms with Crippen LogP contribution in [0.5, 0.6) is 0 Å². The zero-order valence-electron chi connectivity index (χ0n) is 16.9. The fourth-order valence-corrected chi connectivity index (χ4v) is 3.25. The number of hydrogen-bond acceptors (Lipinski definition) is 4. The number of esters is 1. The van der Waals surface area contributed by atoms with Gasteiger partial charge in [0.15, 0.2) is 6.10 Å². The number of carbonyl (C=O) groups is 2. The van der Waals surface area contributed by atoms with Crippen LogP contribution in [0.3, 0.4) is 0 Å². The van der Waals surface area contributed by atoms with Crippen molar-refractivity contribution in [1.82, 2.24) is 9.13 Å². The highest BCUT2D eigenvalue weighted by Crippen LogP contribution is 2.14. The predicted molar refractivity (Wildman–Crippen MR) is 112 cm³/mol. The maximum absolute atomic E-state index is 13.2. The minimum absolute atomic E-state index is 0.0579. The van der Waals surface area contributed by atoms with E-state index in [4.69, 9.17) is 4.74 Å². The van der Waals surface area contributed by atoms with Gasteiger partial charge in [-0.3, -0.25) is 18.7 Å². The van der Waals surface area contributed by atoms with Gasteiger partial charge in [0.25, 0.3) is 5.91 Å². The number of imidazole rings is 1. The lowest BCUT2D eigenvalue weighted by Crippen LogP contribution is -2.31. The largest absolute Gasteiger partial charge is 0.452 e. The van der Waals surface area contributed by atoms with E-state index in [-0.39, 0.29) is 24.3 Å². The SMILES string of the molecule is CCCn1c(=O)n(CCC(=O)O[C@H](C)C(=O)Nc2cccc(F)c2)c2ccccc21. The van der Waals surface area contributed by atoms with E-state index in [1.165, 1.54) is 31.2 Å². The summed E-state index contributed by atoms with van der Waals surface area (Å²) < 4.78 is 21.6. The number of rotatable bonds is 8. The average molecular weight is 413 g/mol. The normalized spacial score (nSPS) is 12.0. The van der Waals surface area contributed by atoms with Gasteiger partial charge in [-0.05, 0) is 43.7 Å². The molecule has 0 saturated carbocycles. The molecule has 0 aliphatic carbocycles. The van der Waals surface area contributed by atoms with Crippen LogP contribution in [0, 0.1) is 5.82 Å². The number of amides is 1. The lowest BCUT2D eigenvalue weighted by molar-refractivity contribution is -0.153. The van der Waals surface area contributed by atoms with Crippen molar-refractivity contribution in [2.24, 2.45) is 0 Å². The van der Waals surface area contributed by atoms with Gasteiger partial charge in [-0.2, -0.15) is 0 Å². The number of benzene rings is 2. The Hall–Kier alpha value is -3.42. The lowest BCUT2D eigenvalue weighted by atomic mass is 10.3. The van der Waals surface area contributed by atoms with Crippen molar-refractivity contribution in [3.05, 3.63) is 64.8 Å². The van der Waals surface area contributed by atoms with Crippen molar-refractivity contribution in [2.45, 2.75) is 45.9 Å². The molecule has 0 radical (unpaired) electrons. The molecular weight excluding hydrogens is 389 g/mol. The van der Waals surface area contributed by atoms with E-state index in [1.54, 1.807) is 9.13 Å². The van der Waals surface area contributed by atoms with Crippen LogP contribution in [0.4, 0.5) is 10.1 Å². The first-order valence-electron chi connectivity index (χ1n) is 9.84. The Kier molecular flexibility index (Phi) is 6.66. The number of halogens is 1. The van der Waals surface area contributed by atoms with E-state index in [2.05, 4.69) is 5.32 Å². The van der Waals surface area contributed by atoms with Crippen LogP contribution in [0.15, 0.2) is 53.3 Å². The molecule has 1 N–H and O–H groups in total. The highest BCUT2D eigenvalue weighted by molar-refractivity contribution is 5.95. The molecule has 8 heteroatoms. The van der Waals surface area contributed by atoms with Crippen molar-refractivity contribution < 1.29 is 18.7 Å². The lowest BCUT2D eigenvalue weighted by Gasteiger charge is -2.13. The average Bonchev–Trinajstić information content (AvgIpc) is 2.98. The molecule has 0 spiro atoms. The molecule has 3 aromatic rings. The fourth-order valence-electron chi connectivity index (χ4n) is 3.25. The molecule has 30 heavy (non-hydrogen) atoms. The number of hydrogen-bond donors (Lipinski definition) is 1. The minimum Gasteiger partial charge on any atom is -0.452 e. The van der Waals surface area contributed by atoms with Crippen LogP contribution in [0.25, 0.3) is 11.0 Å². The first-order chi connectivity index (χ1) is 14.4. The maximum Gasteiger partial charge on any atom is 0.329 e. The van der Waals surface area contributed by atoms with E-state index in [0.29, 0.717) is 6.54 Å². The minimum atomic E-state index is -1.06. The molecule has 0 unspecified atom stereocenters. The standard InChI is InChI=1S/C22H24FN3O4/c1-3-12-25-18-9-4-5-10-19(18)26(22(25)29)13-11-20(27)30-15(2)21(28)24-17-8-6-7-16(23)14-17/h4-10,14-15H,3,11-13H2,1-2H3,(H,24,28)/t15-/m1/s1. The summed E-state index contributed by atoms with van der Waals surface area (Å²) in [6.07, 6.45) is -0.301. The Bertz CT molecular complexity index is 1120. The summed E-state index contributed by atoms with van der Waals surface area (Å²) in [4.78, 5) is 37.1. The Balaban J connectivity index is 1.62. The monoisotopic (exact) mass is 413 g/mol. The first kappa shape index (κ1) is 21.3. The van der Waals surface area contributed by atoms with Crippen LogP contribution >= 0.6 is 0 Å². The molecular formula is C22H24FN3O4. The molecule has 0 saturated heterocycles. The molecule has 158 valence electrons. The molecule has 0 aliphatic rings. The summed E-state index contributed by atoms with van der Waals surface area (Å²) in [6.45, 7) is 4.17. The topological polar surface area (TPSA) is 82.3 Å². The first-order valence-corrected chi connectivity index (χ1v) is 9.84. The van der Waals surface area contributed by atoms with Gasteiger partial charge in [0, 0.05) is 18.8 Å². The second-order valence-corrected chi connectivity index (χ2v) is 6.96. The fraction of sp³-hybridized carbons (Fsp3) is 0.318. The summed E-state index contributed by atoms with van der Waals surface area (Å²) in [5.74, 6) is -1.65. The third kappa shape index (κ3) is 4.76. The third-order valence-electron chi connectivity index (χ3n) is 4.68. The number of aryl methyl sites for hydroxylation is 2. The van der Waals surface area contributed by atoms with E-state index in [0.717, 1.165) is 17.5 Å². The number of nitrogens with zero attached hydrogens (tertiary/aromatic N) is 2. The second kappa shape index (κ2) is 9.39.